The molecule has 0 bridgehead atoms. The van der Waals surface area contributed by atoms with Gasteiger partial charge >= 0.3 is 0 Å². The van der Waals surface area contributed by atoms with Crippen LogP contribution in [0, 0.1) is 0 Å². The molecule has 116 valence electrons. The molecule has 1 aromatic carbocycles. The van der Waals surface area contributed by atoms with E-state index in [0.717, 1.165) is 42.7 Å². The standard InChI is InChI=1S/C17H22N4O/c1-2-15-19-14-5-3-4-13(11-6-7-11)16(14)17(22)21(15)20-9-8-12(18)10-20/h3-5,11-12H,2,6-10,18H2,1H3. The van der Waals surface area contributed by atoms with Gasteiger partial charge in [0.15, 0.2) is 0 Å². The summed E-state index contributed by atoms with van der Waals surface area (Å²) in [6, 6.07) is 6.22. The summed E-state index contributed by atoms with van der Waals surface area (Å²) in [7, 11) is 0. The van der Waals surface area contributed by atoms with E-state index >= 15 is 0 Å². The van der Waals surface area contributed by atoms with E-state index in [1.54, 1.807) is 4.68 Å². The summed E-state index contributed by atoms with van der Waals surface area (Å²) in [5.41, 5.74) is 8.12. The van der Waals surface area contributed by atoms with Crippen molar-refractivity contribution in [3.63, 3.8) is 0 Å². The van der Waals surface area contributed by atoms with Gasteiger partial charge in [0.05, 0.1) is 10.9 Å². The van der Waals surface area contributed by atoms with E-state index in [4.69, 9.17) is 10.7 Å². The normalized spacial score (nSPS) is 21.7. The highest BCUT2D eigenvalue weighted by Gasteiger charge is 2.29. The molecular weight excluding hydrogens is 276 g/mol. The third kappa shape index (κ3) is 2.11. The molecule has 4 rings (SSSR count). The van der Waals surface area contributed by atoms with Gasteiger partial charge < -0.3 is 10.7 Å². The van der Waals surface area contributed by atoms with Gasteiger partial charge in [-0.2, -0.15) is 0 Å². The van der Waals surface area contributed by atoms with Crippen LogP contribution in [0.3, 0.4) is 0 Å². The van der Waals surface area contributed by atoms with Crippen molar-refractivity contribution in [2.24, 2.45) is 5.73 Å². The van der Waals surface area contributed by atoms with Gasteiger partial charge in [-0.3, -0.25) is 4.79 Å². The lowest BCUT2D eigenvalue weighted by Crippen LogP contribution is -2.44. The third-order valence-corrected chi connectivity index (χ3v) is 4.79. The fourth-order valence-corrected chi connectivity index (χ4v) is 3.50. The smallest absolute Gasteiger partial charge is 0.280 e. The minimum absolute atomic E-state index is 0.0819. The van der Waals surface area contributed by atoms with Crippen LogP contribution in [0.5, 0.6) is 0 Å². The number of benzene rings is 1. The monoisotopic (exact) mass is 298 g/mol. The van der Waals surface area contributed by atoms with E-state index < -0.39 is 0 Å². The summed E-state index contributed by atoms with van der Waals surface area (Å²) in [6.07, 6.45) is 4.04. The van der Waals surface area contributed by atoms with Gasteiger partial charge in [-0.05, 0) is 36.8 Å². The van der Waals surface area contributed by atoms with Crippen molar-refractivity contribution in [2.75, 3.05) is 18.1 Å². The zero-order valence-corrected chi connectivity index (χ0v) is 13.0. The molecule has 1 saturated heterocycles. The quantitative estimate of drug-likeness (QED) is 0.933. The van der Waals surface area contributed by atoms with Crippen LogP contribution in [-0.4, -0.2) is 28.8 Å². The molecule has 1 aliphatic carbocycles. The first kappa shape index (κ1) is 13.8. The van der Waals surface area contributed by atoms with Crippen LogP contribution in [0.4, 0.5) is 0 Å². The minimum Gasteiger partial charge on any atom is -0.326 e. The fraction of sp³-hybridized carbons (Fsp3) is 0.529. The van der Waals surface area contributed by atoms with Crippen molar-refractivity contribution in [1.82, 2.24) is 9.66 Å². The number of aromatic nitrogens is 2. The lowest BCUT2D eigenvalue weighted by molar-refractivity contribution is 0.590. The number of nitrogens with zero attached hydrogens (tertiary/aromatic N) is 3. The second kappa shape index (κ2) is 5.09. The molecule has 1 unspecified atom stereocenters. The minimum atomic E-state index is 0.0819. The molecule has 1 atom stereocenters. The molecule has 0 radical (unpaired) electrons. The first-order chi connectivity index (χ1) is 10.7. The molecule has 1 saturated carbocycles. The Hall–Kier alpha value is -1.88. The molecule has 1 aromatic heterocycles. The largest absolute Gasteiger partial charge is 0.326 e. The summed E-state index contributed by atoms with van der Waals surface area (Å²) in [4.78, 5) is 18.0. The van der Waals surface area contributed by atoms with E-state index in [1.807, 2.05) is 19.1 Å². The van der Waals surface area contributed by atoms with Crippen LogP contribution in [0.25, 0.3) is 10.9 Å². The maximum Gasteiger partial charge on any atom is 0.280 e. The number of fused-ring (bicyclic) bond motifs is 1. The zero-order chi connectivity index (χ0) is 15.3. The molecular formula is C17H22N4O. The lowest BCUT2D eigenvalue weighted by atomic mass is 10.1. The van der Waals surface area contributed by atoms with Crippen LogP contribution in [0.2, 0.25) is 0 Å². The second-order valence-electron chi connectivity index (χ2n) is 6.48. The first-order valence-electron chi connectivity index (χ1n) is 8.24. The highest BCUT2D eigenvalue weighted by atomic mass is 16.1. The Bertz CT molecular complexity index is 778. The highest BCUT2D eigenvalue weighted by Crippen LogP contribution is 2.42. The van der Waals surface area contributed by atoms with Crippen LogP contribution in [0.1, 0.15) is 43.5 Å². The molecule has 2 N–H and O–H groups in total. The molecule has 2 aliphatic rings. The van der Waals surface area contributed by atoms with E-state index in [0.29, 0.717) is 5.92 Å². The number of aryl methyl sites for hydroxylation is 1. The maximum atomic E-state index is 13.2. The summed E-state index contributed by atoms with van der Waals surface area (Å²) < 4.78 is 1.79. The van der Waals surface area contributed by atoms with Crippen molar-refractivity contribution in [1.29, 1.82) is 0 Å². The van der Waals surface area contributed by atoms with E-state index in [1.165, 1.54) is 18.4 Å². The zero-order valence-electron chi connectivity index (χ0n) is 13.0. The van der Waals surface area contributed by atoms with Crippen LogP contribution >= 0.6 is 0 Å². The number of hydrogen-bond acceptors (Lipinski definition) is 4. The van der Waals surface area contributed by atoms with Crippen LogP contribution < -0.4 is 16.3 Å². The van der Waals surface area contributed by atoms with Gasteiger partial charge in [0.2, 0.25) is 0 Å². The van der Waals surface area contributed by atoms with Crippen LogP contribution in [0.15, 0.2) is 23.0 Å². The Morgan fingerprint density at radius 2 is 2.14 bits per heavy atom. The second-order valence-corrected chi connectivity index (χ2v) is 6.48. The van der Waals surface area contributed by atoms with E-state index in [2.05, 4.69) is 11.1 Å². The molecule has 0 spiro atoms. The van der Waals surface area contributed by atoms with E-state index in [-0.39, 0.29) is 11.6 Å². The van der Waals surface area contributed by atoms with Crippen molar-refractivity contribution in [2.45, 2.75) is 44.6 Å². The summed E-state index contributed by atoms with van der Waals surface area (Å²) in [5.74, 6) is 1.37. The summed E-state index contributed by atoms with van der Waals surface area (Å²) >= 11 is 0. The molecule has 2 aromatic rings. The van der Waals surface area contributed by atoms with Gasteiger partial charge in [0, 0.05) is 25.6 Å². The summed E-state index contributed by atoms with van der Waals surface area (Å²) in [6.45, 7) is 3.60. The maximum absolute atomic E-state index is 13.2. The molecule has 5 heteroatoms. The predicted molar refractivity (Wildman–Crippen MR) is 87.9 cm³/mol. The molecule has 2 heterocycles. The van der Waals surface area contributed by atoms with Gasteiger partial charge in [-0.1, -0.05) is 19.1 Å². The van der Waals surface area contributed by atoms with Crippen molar-refractivity contribution < 1.29 is 0 Å². The topological polar surface area (TPSA) is 64.2 Å². The first-order valence-corrected chi connectivity index (χ1v) is 8.24. The Morgan fingerprint density at radius 3 is 2.77 bits per heavy atom. The van der Waals surface area contributed by atoms with Crippen molar-refractivity contribution >= 4 is 10.9 Å². The third-order valence-electron chi connectivity index (χ3n) is 4.79. The Kier molecular flexibility index (Phi) is 3.18. The fourth-order valence-electron chi connectivity index (χ4n) is 3.50. The lowest BCUT2D eigenvalue weighted by Gasteiger charge is -2.24. The Labute approximate surface area is 129 Å². The van der Waals surface area contributed by atoms with Gasteiger partial charge in [0.1, 0.15) is 5.82 Å². The molecule has 5 nitrogen and oxygen atoms in total. The summed E-state index contributed by atoms with van der Waals surface area (Å²) in [5, 5.41) is 2.88. The number of nitrogens with two attached hydrogens (primary N) is 1. The Balaban J connectivity index is 1.96. The predicted octanol–water partition coefficient (Wildman–Crippen LogP) is 1.51. The van der Waals surface area contributed by atoms with Gasteiger partial charge in [-0.15, -0.1) is 0 Å². The average molecular weight is 298 g/mol. The van der Waals surface area contributed by atoms with Crippen molar-refractivity contribution in [3.8, 4) is 0 Å². The van der Waals surface area contributed by atoms with Crippen molar-refractivity contribution in [3.05, 3.63) is 39.9 Å². The van der Waals surface area contributed by atoms with E-state index in [9.17, 15) is 4.79 Å². The molecule has 1 aliphatic heterocycles. The average Bonchev–Trinajstić information content (AvgIpc) is 3.28. The molecule has 0 amide bonds. The SMILES string of the molecule is CCc1nc2cccc(C3CC3)c2c(=O)n1N1CCC(N)C1. The van der Waals surface area contributed by atoms with Gasteiger partial charge in [-0.25, -0.2) is 9.66 Å². The Morgan fingerprint density at radius 1 is 1.32 bits per heavy atom. The van der Waals surface area contributed by atoms with Gasteiger partial charge in [0.25, 0.3) is 5.56 Å². The number of rotatable bonds is 3. The molecule has 22 heavy (non-hydrogen) atoms. The number of hydrogen-bond donors (Lipinski definition) is 1. The van der Waals surface area contributed by atoms with Crippen LogP contribution in [-0.2, 0) is 6.42 Å². The molecule has 2 fully saturated rings. The highest BCUT2D eigenvalue weighted by molar-refractivity contribution is 5.82.